The lowest BCUT2D eigenvalue weighted by Crippen LogP contribution is -2.35. The highest BCUT2D eigenvalue weighted by Gasteiger charge is 2.42. The Morgan fingerprint density at radius 3 is 2.83 bits per heavy atom. The SMILES string of the molecule is NC1CCC2CN(C(=O)Cn3ccc(=O)c4ccccc43)CC12. The molecule has 120 valence electrons. The van der Waals surface area contributed by atoms with Gasteiger partial charge in [-0.3, -0.25) is 9.59 Å². The lowest BCUT2D eigenvalue weighted by molar-refractivity contribution is -0.131. The van der Waals surface area contributed by atoms with E-state index < -0.39 is 0 Å². The van der Waals surface area contributed by atoms with E-state index >= 15 is 0 Å². The molecule has 4 rings (SSSR count). The quantitative estimate of drug-likeness (QED) is 0.906. The van der Waals surface area contributed by atoms with Gasteiger partial charge in [-0.05, 0) is 36.8 Å². The molecular formula is C18H21N3O2. The molecule has 0 bridgehead atoms. The highest BCUT2D eigenvalue weighted by Crippen LogP contribution is 2.37. The second-order valence-corrected chi connectivity index (χ2v) is 6.79. The Morgan fingerprint density at radius 2 is 2.00 bits per heavy atom. The zero-order valence-corrected chi connectivity index (χ0v) is 13.0. The van der Waals surface area contributed by atoms with Gasteiger partial charge in [-0.1, -0.05) is 12.1 Å². The van der Waals surface area contributed by atoms with Gasteiger partial charge in [0.25, 0.3) is 0 Å². The highest BCUT2D eigenvalue weighted by atomic mass is 16.2. The van der Waals surface area contributed by atoms with Gasteiger partial charge in [-0.25, -0.2) is 0 Å². The molecule has 3 atom stereocenters. The Bertz CT molecular complexity index is 813. The van der Waals surface area contributed by atoms with Crippen molar-refractivity contribution in [2.24, 2.45) is 17.6 Å². The second-order valence-electron chi connectivity index (χ2n) is 6.79. The van der Waals surface area contributed by atoms with E-state index in [-0.39, 0.29) is 23.9 Å². The zero-order chi connectivity index (χ0) is 16.0. The average Bonchev–Trinajstić information content (AvgIpc) is 3.13. The van der Waals surface area contributed by atoms with Crippen molar-refractivity contribution >= 4 is 16.8 Å². The van der Waals surface area contributed by atoms with E-state index in [1.165, 1.54) is 6.07 Å². The predicted molar refractivity (Wildman–Crippen MR) is 89.0 cm³/mol. The normalized spacial score (nSPS) is 26.7. The largest absolute Gasteiger partial charge is 0.341 e. The van der Waals surface area contributed by atoms with Crippen LogP contribution in [0.1, 0.15) is 12.8 Å². The van der Waals surface area contributed by atoms with Crippen LogP contribution in [0.15, 0.2) is 41.3 Å². The lowest BCUT2D eigenvalue weighted by atomic mass is 9.98. The molecular weight excluding hydrogens is 290 g/mol. The minimum atomic E-state index is -0.00835. The van der Waals surface area contributed by atoms with Gasteiger partial charge in [-0.15, -0.1) is 0 Å². The number of para-hydroxylation sites is 1. The molecule has 0 spiro atoms. The van der Waals surface area contributed by atoms with E-state index in [4.69, 9.17) is 5.73 Å². The maximum Gasteiger partial charge on any atom is 0.242 e. The first kappa shape index (κ1) is 14.5. The summed E-state index contributed by atoms with van der Waals surface area (Å²) in [4.78, 5) is 26.5. The third-order valence-corrected chi connectivity index (χ3v) is 5.46. The Morgan fingerprint density at radius 1 is 1.17 bits per heavy atom. The third kappa shape index (κ3) is 2.45. The van der Waals surface area contributed by atoms with E-state index in [1.54, 1.807) is 12.3 Å². The molecule has 3 unspecified atom stereocenters. The Labute approximate surface area is 134 Å². The van der Waals surface area contributed by atoms with Gasteiger partial charge < -0.3 is 15.2 Å². The molecule has 2 fully saturated rings. The van der Waals surface area contributed by atoms with Crippen molar-refractivity contribution in [3.63, 3.8) is 0 Å². The van der Waals surface area contributed by atoms with Gasteiger partial charge in [0.05, 0.1) is 5.52 Å². The van der Waals surface area contributed by atoms with Crippen LogP contribution in [0.25, 0.3) is 10.9 Å². The van der Waals surface area contributed by atoms with Crippen LogP contribution in [0.2, 0.25) is 0 Å². The maximum atomic E-state index is 12.7. The molecule has 1 aliphatic heterocycles. The molecule has 5 nitrogen and oxygen atoms in total. The highest BCUT2D eigenvalue weighted by molar-refractivity contribution is 5.82. The van der Waals surface area contributed by atoms with E-state index in [0.717, 1.165) is 31.4 Å². The number of carbonyl (C=O) groups is 1. The summed E-state index contributed by atoms with van der Waals surface area (Å²) in [5.41, 5.74) is 6.95. The fourth-order valence-electron chi connectivity index (χ4n) is 4.15. The van der Waals surface area contributed by atoms with Gasteiger partial charge in [0.15, 0.2) is 5.43 Å². The Kier molecular flexibility index (Phi) is 3.45. The number of pyridine rings is 1. The van der Waals surface area contributed by atoms with Gasteiger partial charge in [0, 0.05) is 36.8 Å². The zero-order valence-electron chi connectivity index (χ0n) is 13.0. The van der Waals surface area contributed by atoms with E-state index in [9.17, 15) is 9.59 Å². The van der Waals surface area contributed by atoms with Crippen molar-refractivity contribution in [1.29, 1.82) is 0 Å². The van der Waals surface area contributed by atoms with Crippen molar-refractivity contribution in [2.75, 3.05) is 13.1 Å². The molecule has 2 N–H and O–H groups in total. The third-order valence-electron chi connectivity index (χ3n) is 5.46. The van der Waals surface area contributed by atoms with Gasteiger partial charge in [0.2, 0.25) is 5.91 Å². The fraction of sp³-hybridized carbons (Fsp3) is 0.444. The van der Waals surface area contributed by atoms with Crippen LogP contribution in [0.4, 0.5) is 0 Å². The van der Waals surface area contributed by atoms with Crippen LogP contribution in [0.3, 0.4) is 0 Å². The minimum absolute atomic E-state index is 0.00835. The number of hydrogen-bond donors (Lipinski definition) is 1. The van der Waals surface area contributed by atoms with Crippen molar-refractivity contribution in [2.45, 2.75) is 25.4 Å². The topological polar surface area (TPSA) is 68.3 Å². The number of hydrogen-bond acceptors (Lipinski definition) is 3. The number of nitrogens with zero attached hydrogens (tertiary/aromatic N) is 2. The minimum Gasteiger partial charge on any atom is -0.341 e. The number of amides is 1. The fourth-order valence-corrected chi connectivity index (χ4v) is 4.15. The van der Waals surface area contributed by atoms with Crippen LogP contribution in [-0.4, -0.2) is 34.5 Å². The first-order chi connectivity index (χ1) is 11.1. The van der Waals surface area contributed by atoms with Crippen molar-refractivity contribution in [3.05, 3.63) is 46.8 Å². The van der Waals surface area contributed by atoms with Crippen LogP contribution < -0.4 is 11.2 Å². The molecule has 1 aromatic heterocycles. The lowest BCUT2D eigenvalue weighted by Gasteiger charge is -2.20. The molecule has 2 aromatic rings. The smallest absolute Gasteiger partial charge is 0.242 e. The Balaban J connectivity index is 1.56. The number of nitrogens with two attached hydrogens (primary N) is 1. The summed E-state index contributed by atoms with van der Waals surface area (Å²) < 4.78 is 1.87. The van der Waals surface area contributed by atoms with Gasteiger partial charge in [-0.2, -0.15) is 0 Å². The molecule has 2 aliphatic rings. The number of fused-ring (bicyclic) bond motifs is 2. The number of carbonyl (C=O) groups excluding carboxylic acids is 1. The predicted octanol–water partition coefficient (Wildman–Crippen LogP) is 1.20. The van der Waals surface area contributed by atoms with Crippen LogP contribution in [-0.2, 0) is 11.3 Å². The molecule has 5 heteroatoms. The van der Waals surface area contributed by atoms with Gasteiger partial charge >= 0.3 is 0 Å². The van der Waals surface area contributed by atoms with Crippen LogP contribution in [0, 0.1) is 11.8 Å². The molecule has 1 saturated heterocycles. The first-order valence-electron chi connectivity index (χ1n) is 8.25. The summed E-state index contributed by atoms with van der Waals surface area (Å²) in [5.74, 6) is 1.14. The molecule has 1 amide bonds. The van der Waals surface area contributed by atoms with Crippen LogP contribution >= 0.6 is 0 Å². The summed E-state index contributed by atoms with van der Waals surface area (Å²) in [6, 6.07) is 9.20. The summed E-state index contributed by atoms with van der Waals surface area (Å²) in [7, 11) is 0. The summed E-state index contributed by atoms with van der Waals surface area (Å²) in [5, 5.41) is 0.656. The maximum absolute atomic E-state index is 12.7. The summed E-state index contributed by atoms with van der Waals surface area (Å²) in [6.07, 6.45) is 3.93. The molecule has 1 saturated carbocycles. The standard InChI is InChI=1S/C18H21N3O2/c19-15-6-5-12-9-21(10-14(12)15)18(23)11-20-8-7-17(22)13-3-1-2-4-16(13)20/h1-4,7-8,12,14-15H,5-6,9-11,19H2. The average molecular weight is 311 g/mol. The van der Waals surface area contributed by atoms with Crippen LogP contribution in [0.5, 0.6) is 0 Å². The molecule has 1 aromatic carbocycles. The van der Waals surface area contributed by atoms with Crippen molar-refractivity contribution in [3.8, 4) is 0 Å². The number of aromatic nitrogens is 1. The van der Waals surface area contributed by atoms with E-state index in [2.05, 4.69) is 0 Å². The number of benzene rings is 1. The summed E-state index contributed by atoms with van der Waals surface area (Å²) >= 11 is 0. The van der Waals surface area contributed by atoms with E-state index in [1.807, 2.05) is 27.7 Å². The number of rotatable bonds is 2. The summed E-state index contributed by atoms with van der Waals surface area (Å²) in [6.45, 7) is 1.88. The van der Waals surface area contributed by atoms with Gasteiger partial charge in [0.1, 0.15) is 6.54 Å². The van der Waals surface area contributed by atoms with Crippen molar-refractivity contribution in [1.82, 2.24) is 9.47 Å². The molecule has 0 radical (unpaired) electrons. The first-order valence-corrected chi connectivity index (χ1v) is 8.25. The Hall–Kier alpha value is -2.14. The second kappa shape index (κ2) is 5.49. The van der Waals surface area contributed by atoms with E-state index in [0.29, 0.717) is 17.2 Å². The molecule has 23 heavy (non-hydrogen) atoms. The molecule has 1 aliphatic carbocycles. The monoisotopic (exact) mass is 311 g/mol. The van der Waals surface area contributed by atoms with Crippen molar-refractivity contribution < 1.29 is 4.79 Å². The molecule has 2 heterocycles. The number of likely N-dealkylation sites (tertiary alicyclic amines) is 1.